The first-order valence-electron chi connectivity index (χ1n) is 5.76. The van der Waals surface area contributed by atoms with Gasteiger partial charge in [-0.3, -0.25) is 4.68 Å². The zero-order valence-corrected chi connectivity index (χ0v) is 13.2. The van der Waals surface area contributed by atoms with E-state index in [0.29, 0.717) is 5.82 Å². The fourth-order valence-electron chi connectivity index (χ4n) is 1.63. The molecule has 21 heavy (non-hydrogen) atoms. The third-order valence-corrected chi connectivity index (χ3v) is 4.81. The Bertz CT molecular complexity index is 761. The molecule has 2 N–H and O–H groups in total. The highest BCUT2D eigenvalue weighted by molar-refractivity contribution is 7.89. The number of aliphatic hydroxyl groups is 1. The first-order chi connectivity index (χ1) is 9.83. The molecule has 0 aliphatic rings. The Morgan fingerprint density at radius 2 is 2.10 bits per heavy atom. The van der Waals surface area contributed by atoms with Gasteiger partial charge in [0.25, 0.3) is 0 Å². The van der Waals surface area contributed by atoms with Crippen molar-refractivity contribution in [1.29, 1.82) is 0 Å². The number of sulfonamides is 1. The van der Waals surface area contributed by atoms with Gasteiger partial charge in [-0.05, 0) is 17.7 Å². The molecule has 0 bridgehead atoms. The molecule has 2 rings (SSSR count). The molecule has 114 valence electrons. The number of hydrogen-bond acceptors (Lipinski definition) is 5. The predicted octanol–water partition coefficient (Wildman–Crippen LogP) is 1.09. The van der Waals surface area contributed by atoms with Crippen molar-refractivity contribution in [2.24, 2.45) is 7.05 Å². The summed E-state index contributed by atoms with van der Waals surface area (Å²) in [4.78, 5) is 3.71. The van der Waals surface area contributed by atoms with Crippen molar-refractivity contribution in [3.8, 4) is 0 Å². The van der Waals surface area contributed by atoms with E-state index in [1.54, 1.807) is 7.05 Å². The molecule has 0 unspecified atom stereocenters. The summed E-state index contributed by atoms with van der Waals surface area (Å²) in [7, 11) is -2.23. The van der Waals surface area contributed by atoms with E-state index in [1.807, 2.05) is 0 Å². The maximum absolute atomic E-state index is 12.3. The highest BCUT2D eigenvalue weighted by atomic mass is 35.5. The second-order valence-electron chi connectivity index (χ2n) is 4.19. The number of nitrogens with zero attached hydrogens (tertiary/aromatic N) is 3. The first-order valence-corrected chi connectivity index (χ1v) is 8.00. The van der Waals surface area contributed by atoms with Crippen LogP contribution in [0.4, 0.5) is 0 Å². The van der Waals surface area contributed by atoms with Crippen molar-refractivity contribution >= 4 is 33.2 Å². The minimum Gasteiger partial charge on any atom is -0.392 e. The Kier molecular flexibility index (Phi) is 4.84. The molecule has 0 aliphatic heterocycles. The van der Waals surface area contributed by atoms with E-state index in [2.05, 4.69) is 14.8 Å². The quantitative estimate of drug-likeness (QED) is 0.841. The molecule has 1 aromatic heterocycles. The van der Waals surface area contributed by atoms with Gasteiger partial charge in [0.05, 0.1) is 18.2 Å². The molecular formula is C11H12Cl2N4O3S. The largest absolute Gasteiger partial charge is 0.392 e. The maximum atomic E-state index is 12.3. The number of aromatic nitrogens is 3. The van der Waals surface area contributed by atoms with Crippen LogP contribution in [-0.4, -0.2) is 28.3 Å². The summed E-state index contributed by atoms with van der Waals surface area (Å²) in [5.74, 6) is 0.321. The maximum Gasteiger partial charge on any atom is 0.242 e. The lowest BCUT2D eigenvalue weighted by Crippen LogP contribution is -2.24. The van der Waals surface area contributed by atoms with Gasteiger partial charge in [0.2, 0.25) is 10.0 Å². The first kappa shape index (κ1) is 16.2. The van der Waals surface area contributed by atoms with Gasteiger partial charge < -0.3 is 5.11 Å². The van der Waals surface area contributed by atoms with Gasteiger partial charge >= 0.3 is 0 Å². The van der Waals surface area contributed by atoms with Crippen LogP contribution in [0.2, 0.25) is 10.0 Å². The van der Waals surface area contributed by atoms with Crippen molar-refractivity contribution in [3.05, 3.63) is 39.9 Å². The molecule has 0 saturated heterocycles. The van der Waals surface area contributed by atoms with Crippen LogP contribution in [0.5, 0.6) is 0 Å². The smallest absolute Gasteiger partial charge is 0.242 e. The zero-order valence-electron chi connectivity index (χ0n) is 10.9. The van der Waals surface area contributed by atoms with Crippen molar-refractivity contribution < 1.29 is 13.5 Å². The Morgan fingerprint density at radius 1 is 1.38 bits per heavy atom. The Balaban J connectivity index is 2.29. The van der Waals surface area contributed by atoms with Gasteiger partial charge in [0, 0.05) is 12.1 Å². The van der Waals surface area contributed by atoms with Crippen molar-refractivity contribution in [2.75, 3.05) is 0 Å². The lowest BCUT2D eigenvalue weighted by Gasteiger charge is -2.10. The van der Waals surface area contributed by atoms with E-state index in [-0.39, 0.29) is 27.0 Å². The van der Waals surface area contributed by atoms with Crippen LogP contribution in [0.3, 0.4) is 0 Å². The van der Waals surface area contributed by atoms with Gasteiger partial charge in [-0.2, -0.15) is 5.10 Å². The highest BCUT2D eigenvalue weighted by Gasteiger charge is 2.21. The topological polar surface area (TPSA) is 97.1 Å². The van der Waals surface area contributed by atoms with E-state index in [1.165, 1.54) is 23.1 Å². The minimum absolute atomic E-state index is 0.0663. The fraction of sp³-hybridized carbons (Fsp3) is 0.273. The molecule has 0 aliphatic carbocycles. The van der Waals surface area contributed by atoms with Crippen LogP contribution >= 0.6 is 23.2 Å². The molecule has 0 spiro atoms. The number of aliphatic hydroxyl groups excluding tert-OH is 1. The number of hydrogen-bond donors (Lipinski definition) is 2. The molecule has 0 fully saturated rings. The predicted molar refractivity (Wildman–Crippen MR) is 77.4 cm³/mol. The Hall–Kier alpha value is -1.19. The third kappa shape index (κ3) is 3.72. The van der Waals surface area contributed by atoms with Crippen LogP contribution in [0.1, 0.15) is 11.4 Å². The van der Waals surface area contributed by atoms with Crippen molar-refractivity contribution in [2.45, 2.75) is 18.0 Å². The van der Waals surface area contributed by atoms with Crippen LogP contribution in [0, 0.1) is 0 Å². The second kappa shape index (κ2) is 6.29. The fourth-order valence-corrected chi connectivity index (χ4v) is 3.53. The van der Waals surface area contributed by atoms with Gasteiger partial charge in [-0.25, -0.2) is 18.1 Å². The zero-order chi connectivity index (χ0) is 15.6. The second-order valence-corrected chi connectivity index (χ2v) is 6.74. The Labute approximate surface area is 131 Å². The van der Waals surface area contributed by atoms with Crippen LogP contribution in [0.25, 0.3) is 0 Å². The molecule has 0 radical (unpaired) electrons. The molecule has 1 aromatic carbocycles. The van der Waals surface area contributed by atoms with Crippen LogP contribution in [0.15, 0.2) is 23.4 Å². The summed E-state index contributed by atoms with van der Waals surface area (Å²) in [6.45, 7) is -0.496. The molecule has 2 aromatic rings. The summed E-state index contributed by atoms with van der Waals surface area (Å²) in [5, 5.41) is 13.2. The van der Waals surface area contributed by atoms with Gasteiger partial charge in [-0.1, -0.05) is 23.2 Å². The average molecular weight is 351 g/mol. The monoisotopic (exact) mass is 350 g/mol. The number of nitrogens with one attached hydrogen (secondary N) is 1. The number of halogens is 2. The number of benzene rings is 1. The number of aryl methyl sites for hydroxylation is 1. The van der Waals surface area contributed by atoms with Gasteiger partial charge in [-0.15, -0.1) is 0 Å². The lowest BCUT2D eigenvalue weighted by atomic mass is 10.2. The standard InChI is InChI=1S/C11H12Cl2N4O3S/c1-17-6-14-10(16-17)4-15-21(19,20)9-3-8(12)2-7(5-18)11(9)13/h2-3,6,15,18H,4-5H2,1H3. The molecule has 7 nitrogen and oxygen atoms in total. The van der Waals surface area contributed by atoms with E-state index < -0.39 is 16.6 Å². The lowest BCUT2D eigenvalue weighted by molar-refractivity contribution is 0.281. The minimum atomic E-state index is -3.90. The summed E-state index contributed by atoms with van der Waals surface area (Å²) in [5.41, 5.74) is 0.237. The van der Waals surface area contributed by atoms with E-state index in [4.69, 9.17) is 28.3 Å². The average Bonchev–Trinajstić information content (AvgIpc) is 2.84. The highest BCUT2D eigenvalue weighted by Crippen LogP contribution is 2.29. The third-order valence-electron chi connectivity index (χ3n) is 2.61. The summed E-state index contributed by atoms with van der Waals surface area (Å²) < 4.78 is 28.3. The summed E-state index contributed by atoms with van der Waals surface area (Å²) in [6, 6.07) is 2.63. The van der Waals surface area contributed by atoms with E-state index in [9.17, 15) is 8.42 Å². The normalized spacial score (nSPS) is 11.8. The molecule has 10 heteroatoms. The summed E-state index contributed by atoms with van der Waals surface area (Å²) >= 11 is 11.8. The van der Waals surface area contributed by atoms with Crippen molar-refractivity contribution in [1.82, 2.24) is 19.5 Å². The van der Waals surface area contributed by atoms with E-state index in [0.717, 1.165) is 0 Å². The molecule has 0 atom stereocenters. The molecule has 1 heterocycles. The van der Waals surface area contributed by atoms with Gasteiger partial charge in [0.15, 0.2) is 5.82 Å². The number of rotatable bonds is 5. The van der Waals surface area contributed by atoms with Crippen LogP contribution < -0.4 is 4.72 Å². The van der Waals surface area contributed by atoms with Crippen molar-refractivity contribution in [3.63, 3.8) is 0 Å². The SMILES string of the molecule is Cn1cnc(CNS(=O)(=O)c2cc(Cl)cc(CO)c2Cl)n1. The molecule has 0 saturated carbocycles. The molecular weight excluding hydrogens is 339 g/mol. The van der Waals surface area contributed by atoms with Gasteiger partial charge in [0.1, 0.15) is 11.2 Å². The summed E-state index contributed by atoms with van der Waals surface area (Å²) in [6.07, 6.45) is 1.46. The van der Waals surface area contributed by atoms with E-state index >= 15 is 0 Å². The Morgan fingerprint density at radius 3 is 2.67 bits per heavy atom. The molecule has 0 amide bonds. The van der Waals surface area contributed by atoms with Crippen LogP contribution in [-0.2, 0) is 30.2 Å².